The largest absolute Gasteiger partial charge is 0.474 e. The van der Waals surface area contributed by atoms with Crippen molar-refractivity contribution in [2.24, 2.45) is 5.92 Å². The number of nitrogens with one attached hydrogen (secondary N) is 1. The first-order valence-corrected chi connectivity index (χ1v) is 5.96. The van der Waals surface area contributed by atoms with Crippen molar-refractivity contribution >= 4 is 5.82 Å². The molecule has 0 spiro atoms. The molecule has 1 aliphatic rings. The van der Waals surface area contributed by atoms with Crippen molar-refractivity contribution in [2.75, 3.05) is 12.4 Å². The van der Waals surface area contributed by atoms with E-state index in [0.29, 0.717) is 17.9 Å². The van der Waals surface area contributed by atoms with Crippen LogP contribution in [0.5, 0.6) is 5.88 Å². The minimum Gasteiger partial charge on any atom is -0.474 e. The average molecular weight is 221 g/mol. The Labute approximate surface area is 96.4 Å². The standard InChI is InChI=1S/C12H19N3O/c1-9-5-3-4-6-10(9)16-12-7-11(13-2)14-8-15-12/h7-10H,3-6H2,1-2H3,(H,13,14,15). The molecule has 1 N–H and O–H groups in total. The van der Waals surface area contributed by atoms with Crippen LogP contribution in [0.25, 0.3) is 0 Å². The highest BCUT2D eigenvalue weighted by atomic mass is 16.5. The summed E-state index contributed by atoms with van der Waals surface area (Å²) in [4.78, 5) is 8.21. The molecule has 0 aliphatic heterocycles. The predicted molar refractivity (Wildman–Crippen MR) is 63.6 cm³/mol. The molecule has 0 radical (unpaired) electrons. The van der Waals surface area contributed by atoms with Gasteiger partial charge in [0.25, 0.3) is 0 Å². The summed E-state index contributed by atoms with van der Waals surface area (Å²) < 4.78 is 5.92. The van der Waals surface area contributed by atoms with Gasteiger partial charge in [0, 0.05) is 13.1 Å². The molecule has 4 heteroatoms. The lowest BCUT2D eigenvalue weighted by Crippen LogP contribution is -2.28. The molecule has 0 amide bonds. The second-order valence-corrected chi connectivity index (χ2v) is 4.41. The summed E-state index contributed by atoms with van der Waals surface area (Å²) in [7, 11) is 1.84. The van der Waals surface area contributed by atoms with E-state index in [2.05, 4.69) is 22.2 Å². The summed E-state index contributed by atoms with van der Waals surface area (Å²) in [5, 5.41) is 2.98. The molecule has 88 valence electrons. The molecular weight excluding hydrogens is 202 g/mol. The van der Waals surface area contributed by atoms with Gasteiger partial charge in [-0.2, -0.15) is 0 Å². The summed E-state index contributed by atoms with van der Waals surface area (Å²) in [5.74, 6) is 2.10. The van der Waals surface area contributed by atoms with Crippen molar-refractivity contribution in [2.45, 2.75) is 38.7 Å². The van der Waals surface area contributed by atoms with Crippen LogP contribution in [-0.2, 0) is 0 Å². The van der Waals surface area contributed by atoms with Crippen LogP contribution in [0, 0.1) is 5.92 Å². The molecule has 1 aromatic heterocycles. The number of ether oxygens (including phenoxy) is 1. The van der Waals surface area contributed by atoms with Gasteiger partial charge in [-0.15, -0.1) is 0 Å². The molecule has 1 heterocycles. The van der Waals surface area contributed by atoms with Crippen molar-refractivity contribution in [3.63, 3.8) is 0 Å². The zero-order valence-corrected chi connectivity index (χ0v) is 9.94. The first-order chi connectivity index (χ1) is 7.79. The van der Waals surface area contributed by atoms with Gasteiger partial charge in [0.1, 0.15) is 18.2 Å². The second-order valence-electron chi connectivity index (χ2n) is 4.41. The molecule has 2 atom stereocenters. The van der Waals surface area contributed by atoms with Crippen molar-refractivity contribution in [1.82, 2.24) is 9.97 Å². The van der Waals surface area contributed by atoms with Crippen LogP contribution >= 0.6 is 0 Å². The van der Waals surface area contributed by atoms with Gasteiger partial charge in [-0.25, -0.2) is 9.97 Å². The van der Waals surface area contributed by atoms with Gasteiger partial charge in [0.05, 0.1) is 0 Å². The van der Waals surface area contributed by atoms with Gasteiger partial charge < -0.3 is 10.1 Å². The normalized spacial score (nSPS) is 25.1. The Balaban J connectivity index is 2.01. The first-order valence-electron chi connectivity index (χ1n) is 5.96. The minimum absolute atomic E-state index is 0.313. The Bertz CT molecular complexity index is 343. The zero-order chi connectivity index (χ0) is 11.4. The molecule has 1 aromatic rings. The molecular formula is C12H19N3O. The Morgan fingerprint density at radius 2 is 2.12 bits per heavy atom. The fourth-order valence-electron chi connectivity index (χ4n) is 2.15. The van der Waals surface area contributed by atoms with E-state index in [-0.39, 0.29) is 0 Å². The third-order valence-electron chi connectivity index (χ3n) is 3.20. The fourth-order valence-corrected chi connectivity index (χ4v) is 2.15. The smallest absolute Gasteiger partial charge is 0.218 e. The van der Waals surface area contributed by atoms with E-state index in [4.69, 9.17) is 4.74 Å². The second kappa shape index (κ2) is 5.14. The number of hydrogen-bond acceptors (Lipinski definition) is 4. The predicted octanol–water partition coefficient (Wildman–Crippen LogP) is 2.48. The maximum atomic E-state index is 5.92. The Kier molecular flexibility index (Phi) is 3.59. The fraction of sp³-hybridized carbons (Fsp3) is 0.667. The van der Waals surface area contributed by atoms with E-state index in [9.17, 15) is 0 Å². The Morgan fingerprint density at radius 3 is 2.88 bits per heavy atom. The number of hydrogen-bond donors (Lipinski definition) is 1. The highest BCUT2D eigenvalue weighted by Crippen LogP contribution is 2.27. The minimum atomic E-state index is 0.313. The van der Waals surface area contributed by atoms with Crippen LogP contribution in [0.1, 0.15) is 32.6 Å². The van der Waals surface area contributed by atoms with Crippen molar-refractivity contribution in [3.8, 4) is 5.88 Å². The quantitative estimate of drug-likeness (QED) is 0.851. The average Bonchev–Trinajstić information content (AvgIpc) is 2.32. The zero-order valence-electron chi connectivity index (χ0n) is 9.94. The van der Waals surface area contributed by atoms with Gasteiger partial charge in [-0.05, 0) is 25.2 Å². The highest BCUT2D eigenvalue weighted by molar-refractivity contribution is 5.36. The number of anilines is 1. The molecule has 0 saturated heterocycles. The maximum absolute atomic E-state index is 5.92. The third kappa shape index (κ3) is 2.62. The number of rotatable bonds is 3. The maximum Gasteiger partial charge on any atom is 0.218 e. The Hall–Kier alpha value is -1.32. The lowest BCUT2D eigenvalue weighted by atomic mass is 9.88. The molecule has 1 saturated carbocycles. The van der Waals surface area contributed by atoms with E-state index in [1.54, 1.807) is 0 Å². The molecule has 16 heavy (non-hydrogen) atoms. The SMILES string of the molecule is CNc1cc(OC2CCCCC2C)ncn1. The van der Waals surface area contributed by atoms with Crippen LogP contribution in [-0.4, -0.2) is 23.1 Å². The van der Waals surface area contributed by atoms with Crippen molar-refractivity contribution < 1.29 is 4.74 Å². The van der Waals surface area contributed by atoms with Gasteiger partial charge in [0.2, 0.25) is 5.88 Å². The van der Waals surface area contributed by atoms with E-state index >= 15 is 0 Å². The molecule has 0 aromatic carbocycles. The number of nitrogens with zero attached hydrogens (tertiary/aromatic N) is 2. The summed E-state index contributed by atoms with van der Waals surface area (Å²) in [6, 6.07) is 1.85. The molecule has 1 fully saturated rings. The van der Waals surface area contributed by atoms with Gasteiger partial charge >= 0.3 is 0 Å². The molecule has 2 rings (SSSR count). The van der Waals surface area contributed by atoms with Gasteiger partial charge in [0.15, 0.2) is 0 Å². The summed E-state index contributed by atoms with van der Waals surface area (Å²) in [6.45, 7) is 2.25. The van der Waals surface area contributed by atoms with Crippen molar-refractivity contribution in [1.29, 1.82) is 0 Å². The van der Waals surface area contributed by atoms with Crippen LogP contribution < -0.4 is 10.1 Å². The molecule has 0 bridgehead atoms. The Morgan fingerprint density at radius 1 is 1.31 bits per heavy atom. The molecule has 2 unspecified atom stereocenters. The lowest BCUT2D eigenvalue weighted by molar-refractivity contribution is 0.0975. The van der Waals surface area contributed by atoms with Crippen LogP contribution in [0.2, 0.25) is 0 Å². The highest BCUT2D eigenvalue weighted by Gasteiger charge is 2.23. The van der Waals surface area contributed by atoms with Gasteiger partial charge in [-0.1, -0.05) is 13.3 Å². The van der Waals surface area contributed by atoms with E-state index in [0.717, 1.165) is 12.2 Å². The topological polar surface area (TPSA) is 47.0 Å². The van der Waals surface area contributed by atoms with Gasteiger partial charge in [-0.3, -0.25) is 0 Å². The lowest BCUT2D eigenvalue weighted by Gasteiger charge is -2.28. The summed E-state index contributed by atoms with van der Waals surface area (Å²) >= 11 is 0. The van der Waals surface area contributed by atoms with Crippen LogP contribution in [0.4, 0.5) is 5.82 Å². The van der Waals surface area contributed by atoms with E-state index in [1.807, 2.05) is 13.1 Å². The van der Waals surface area contributed by atoms with Crippen LogP contribution in [0.3, 0.4) is 0 Å². The summed E-state index contributed by atoms with van der Waals surface area (Å²) in [6.07, 6.45) is 6.84. The van der Waals surface area contributed by atoms with E-state index < -0.39 is 0 Å². The monoisotopic (exact) mass is 221 g/mol. The summed E-state index contributed by atoms with van der Waals surface area (Å²) in [5.41, 5.74) is 0. The van der Waals surface area contributed by atoms with Crippen molar-refractivity contribution in [3.05, 3.63) is 12.4 Å². The third-order valence-corrected chi connectivity index (χ3v) is 3.20. The number of aromatic nitrogens is 2. The first kappa shape index (κ1) is 11.2. The van der Waals surface area contributed by atoms with Crippen LogP contribution in [0.15, 0.2) is 12.4 Å². The molecule has 1 aliphatic carbocycles. The molecule has 4 nitrogen and oxygen atoms in total. The van der Waals surface area contributed by atoms with E-state index in [1.165, 1.54) is 25.6 Å².